The number of hydrogen-bond donors (Lipinski definition) is 1. The summed E-state index contributed by atoms with van der Waals surface area (Å²) in [6, 6.07) is 0. The molecule has 0 bridgehead atoms. The summed E-state index contributed by atoms with van der Waals surface area (Å²) in [6.45, 7) is 5.44. The zero-order valence-electron chi connectivity index (χ0n) is 10.2. The molecule has 2 fully saturated rings. The van der Waals surface area contributed by atoms with Crippen LogP contribution >= 0.6 is 0 Å². The molecule has 0 aromatic rings. The van der Waals surface area contributed by atoms with E-state index >= 15 is 0 Å². The monoisotopic (exact) mass is 225 g/mol. The summed E-state index contributed by atoms with van der Waals surface area (Å²) in [6.07, 6.45) is 5.96. The fraction of sp³-hybridized carbons (Fsp3) is 0.917. The Morgan fingerprint density at radius 3 is 2.38 bits per heavy atom. The van der Waals surface area contributed by atoms with Gasteiger partial charge in [-0.15, -0.1) is 0 Å². The molecule has 1 aliphatic heterocycles. The third-order valence-corrected chi connectivity index (χ3v) is 4.22. The molecular weight excluding hydrogens is 202 g/mol. The summed E-state index contributed by atoms with van der Waals surface area (Å²) in [5, 5.41) is 2.90. The van der Waals surface area contributed by atoms with Crippen LogP contribution in [0.5, 0.6) is 0 Å². The highest BCUT2D eigenvalue weighted by atomic mass is 16.1. The Morgan fingerprint density at radius 1 is 1.19 bits per heavy atom. The van der Waals surface area contributed by atoms with E-state index in [0.717, 1.165) is 39.1 Å². The molecule has 0 aromatic heterocycles. The summed E-state index contributed by atoms with van der Waals surface area (Å²) in [4.78, 5) is 15.5. The van der Waals surface area contributed by atoms with Gasteiger partial charge in [0.05, 0.1) is 0 Å². The van der Waals surface area contributed by atoms with E-state index in [2.05, 4.69) is 22.2 Å². The number of carbonyl (C=O) groups excluding carboxylic acids is 1. The molecule has 0 spiro atoms. The van der Waals surface area contributed by atoms with Crippen molar-refractivity contribution in [2.45, 2.75) is 31.2 Å². The van der Waals surface area contributed by atoms with Crippen molar-refractivity contribution in [2.75, 3.05) is 39.8 Å². The lowest BCUT2D eigenvalue weighted by Crippen LogP contribution is -2.59. The Hall–Kier alpha value is -0.610. The topological polar surface area (TPSA) is 35.6 Å². The molecule has 1 aliphatic carbocycles. The Kier molecular flexibility index (Phi) is 3.82. The fourth-order valence-electron chi connectivity index (χ4n) is 3.15. The molecule has 1 amide bonds. The van der Waals surface area contributed by atoms with Gasteiger partial charge in [0.1, 0.15) is 0 Å². The fourth-order valence-corrected chi connectivity index (χ4v) is 3.15. The first kappa shape index (κ1) is 11.9. The molecule has 0 unspecified atom stereocenters. The Morgan fingerprint density at radius 2 is 1.81 bits per heavy atom. The van der Waals surface area contributed by atoms with Crippen molar-refractivity contribution in [1.29, 1.82) is 0 Å². The van der Waals surface area contributed by atoms with Crippen molar-refractivity contribution < 1.29 is 4.79 Å². The van der Waals surface area contributed by atoms with Crippen LogP contribution in [0.1, 0.15) is 25.7 Å². The van der Waals surface area contributed by atoms with Crippen LogP contribution in [0.3, 0.4) is 0 Å². The van der Waals surface area contributed by atoms with Gasteiger partial charge in [-0.1, -0.05) is 12.8 Å². The maximum atomic E-state index is 10.5. The minimum absolute atomic E-state index is 0.266. The molecule has 4 heteroatoms. The van der Waals surface area contributed by atoms with E-state index < -0.39 is 0 Å². The van der Waals surface area contributed by atoms with E-state index in [4.69, 9.17) is 0 Å². The summed E-state index contributed by atoms with van der Waals surface area (Å²) in [7, 11) is 2.18. The predicted molar refractivity (Wildman–Crippen MR) is 64.3 cm³/mol. The second-order valence-electron chi connectivity index (χ2n) is 5.22. The maximum absolute atomic E-state index is 10.5. The minimum atomic E-state index is 0.266. The Labute approximate surface area is 98.0 Å². The molecular formula is C12H23N3O. The molecule has 2 aliphatic rings. The lowest BCUT2D eigenvalue weighted by atomic mass is 9.94. The van der Waals surface area contributed by atoms with Gasteiger partial charge in [0, 0.05) is 38.3 Å². The highest BCUT2D eigenvalue weighted by Crippen LogP contribution is 2.35. The number of piperazine rings is 1. The van der Waals surface area contributed by atoms with Gasteiger partial charge in [-0.05, 0) is 19.9 Å². The van der Waals surface area contributed by atoms with Crippen LogP contribution in [0.4, 0.5) is 0 Å². The molecule has 16 heavy (non-hydrogen) atoms. The molecule has 1 N–H and O–H groups in total. The quantitative estimate of drug-likeness (QED) is 0.699. The highest BCUT2D eigenvalue weighted by molar-refractivity contribution is 5.46. The summed E-state index contributed by atoms with van der Waals surface area (Å²) < 4.78 is 0. The highest BCUT2D eigenvalue weighted by Gasteiger charge is 2.39. The number of hydrogen-bond acceptors (Lipinski definition) is 3. The number of carbonyl (C=O) groups is 1. The predicted octanol–water partition coefficient (Wildman–Crippen LogP) is 0.293. The SMILES string of the molecule is CN1CCN(C2(CNC=O)CCCC2)CC1. The van der Waals surface area contributed by atoms with Crippen LogP contribution in [-0.2, 0) is 4.79 Å². The third-order valence-electron chi connectivity index (χ3n) is 4.22. The molecule has 0 atom stereocenters. The van der Waals surface area contributed by atoms with Crippen LogP contribution in [0.25, 0.3) is 0 Å². The van der Waals surface area contributed by atoms with Crippen LogP contribution in [0.2, 0.25) is 0 Å². The van der Waals surface area contributed by atoms with Crippen molar-refractivity contribution in [2.24, 2.45) is 0 Å². The standard InChI is InChI=1S/C12H23N3O/c1-14-6-8-15(9-7-14)12(10-13-11-16)4-2-3-5-12/h11H,2-10H2,1H3,(H,13,16). The number of likely N-dealkylation sites (N-methyl/N-ethyl adjacent to an activating group) is 1. The molecule has 0 aromatic carbocycles. The van der Waals surface area contributed by atoms with Crippen molar-refractivity contribution in [3.05, 3.63) is 0 Å². The average Bonchev–Trinajstić information content (AvgIpc) is 2.77. The van der Waals surface area contributed by atoms with Gasteiger partial charge >= 0.3 is 0 Å². The van der Waals surface area contributed by atoms with Gasteiger partial charge in [-0.3, -0.25) is 9.69 Å². The van der Waals surface area contributed by atoms with Crippen LogP contribution in [0.15, 0.2) is 0 Å². The first-order chi connectivity index (χ1) is 7.77. The second-order valence-corrected chi connectivity index (χ2v) is 5.22. The van der Waals surface area contributed by atoms with E-state index in [1.807, 2.05) is 0 Å². The van der Waals surface area contributed by atoms with Crippen molar-refractivity contribution in [3.8, 4) is 0 Å². The largest absolute Gasteiger partial charge is 0.357 e. The number of amides is 1. The van der Waals surface area contributed by atoms with E-state index in [-0.39, 0.29) is 5.54 Å². The number of rotatable bonds is 4. The van der Waals surface area contributed by atoms with E-state index in [0.29, 0.717) is 0 Å². The second kappa shape index (κ2) is 5.15. The van der Waals surface area contributed by atoms with Gasteiger partial charge < -0.3 is 10.2 Å². The van der Waals surface area contributed by atoms with Gasteiger partial charge in [-0.25, -0.2) is 0 Å². The first-order valence-corrected chi connectivity index (χ1v) is 6.37. The molecule has 2 rings (SSSR count). The van der Waals surface area contributed by atoms with Crippen LogP contribution in [-0.4, -0.2) is 61.5 Å². The lowest BCUT2D eigenvalue weighted by Gasteiger charge is -2.45. The zero-order chi connectivity index (χ0) is 11.4. The molecule has 1 saturated carbocycles. The summed E-state index contributed by atoms with van der Waals surface area (Å²) in [5.74, 6) is 0. The normalized spacial score (nSPS) is 26.8. The number of nitrogens with zero attached hydrogens (tertiary/aromatic N) is 2. The Balaban J connectivity index is 1.98. The number of nitrogens with one attached hydrogen (secondary N) is 1. The molecule has 92 valence electrons. The summed E-state index contributed by atoms with van der Waals surface area (Å²) >= 11 is 0. The smallest absolute Gasteiger partial charge is 0.207 e. The van der Waals surface area contributed by atoms with Crippen molar-refractivity contribution >= 4 is 6.41 Å². The van der Waals surface area contributed by atoms with E-state index in [1.54, 1.807) is 0 Å². The minimum Gasteiger partial charge on any atom is -0.357 e. The van der Waals surface area contributed by atoms with Gasteiger partial charge in [0.25, 0.3) is 0 Å². The zero-order valence-corrected chi connectivity index (χ0v) is 10.2. The lowest BCUT2D eigenvalue weighted by molar-refractivity contribution is -0.110. The van der Waals surface area contributed by atoms with Crippen molar-refractivity contribution in [3.63, 3.8) is 0 Å². The van der Waals surface area contributed by atoms with Gasteiger partial charge in [0.15, 0.2) is 0 Å². The summed E-state index contributed by atoms with van der Waals surface area (Å²) in [5.41, 5.74) is 0.266. The molecule has 0 radical (unpaired) electrons. The van der Waals surface area contributed by atoms with Crippen molar-refractivity contribution in [1.82, 2.24) is 15.1 Å². The van der Waals surface area contributed by atoms with E-state index in [9.17, 15) is 4.79 Å². The third kappa shape index (κ3) is 2.38. The molecule has 1 heterocycles. The maximum Gasteiger partial charge on any atom is 0.207 e. The first-order valence-electron chi connectivity index (χ1n) is 6.37. The van der Waals surface area contributed by atoms with Crippen LogP contribution in [0, 0.1) is 0 Å². The molecule has 1 saturated heterocycles. The van der Waals surface area contributed by atoms with E-state index in [1.165, 1.54) is 25.7 Å². The van der Waals surface area contributed by atoms with Gasteiger partial charge in [-0.2, -0.15) is 0 Å². The average molecular weight is 225 g/mol. The molecule has 4 nitrogen and oxygen atoms in total. The van der Waals surface area contributed by atoms with Gasteiger partial charge in [0.2, 0.25) is 6.41 Å². The van der Waals surface area contributed by atoms with Crippen LogP contribution < -0.4 is 5.32 Å². The Bertz CT molecular complexity index is 230.